The summed E-state index contributed by atoms with van der Waals surface area (Å²) in [5, 5.41) is 0. The molecule has 22 heavy (non-hydrogen) atoms. The molecule has 0 aliphatic carbocycles. The number of carbonyl (C=O) groups is 2. The van der Waals surface area contributed by atoms with Gasteiger partial charge in [0, 0.05) is 18.7 Å². The van der Waals surface area contributed by atoms with Gasteiger partial charge >= 0.3 is 5.97 Å². The smallest absolute Gasteiger partial charge is 0.313 e. The van der Waals surface area contributed by atoms with E-state index < -0.39 is 5.41 Å². The Morgan fingerprint density at radius 2 is 2.09 bits per heavy atom. The Balaban J connectivity index is 2.09. The number of esters is 1. The molecule has 0 N–H and O–H groups in total. The molecule has 1 saturated heterocycles. The molecule has 1 heterocycles. The summed E-state index contributed by atoms with van der Waals surface area (Å²) in [4.78, 5) is 26.3. The molecule has 1 aromatic carbocycles. The van der Waals surface area contributed by atoms with Crippen molar-refractivity contribution in [2.24, 2.45) is 5.41 Å². The van der Waals surface area contributed by atoms with E-state index in [0.717, 1.165) is 6.42 Å². The summed E-state index contributed by atoms with van der Waals surface area (Å²) in [6.07, 6.45) is 2.92. The molecule has 1 atom stereocenters. The van der Waals surface area contributed by atoms with Gasteiger partial charge in [0.25, 0.3) is 5.91 Å². The van der Waals surface area contributed by atoms with Crippen LogP contribution in [-0.4, -0.2) is 36.5 Å². The molecule has 4 nitrogen and oxygen atoms in total. The van der Waals surface area contributed by atoms with Crippen LogP contribution in [0.1, 0.15) is 30.1 Å². The number of piperidine rings is 1. The number of likely N-dealkylation sites (tertiary alicyclic amines) is 1. The van der Waals surface area contributed by atoms with Crippen molar-refractivity contribution < 1.29 is 18.7 Å². The molecule has 1 aliphatic heterocycles. The molecule has 1 unspecified atom stereocenters. The zero-order chi connectivity index (χ0) is 16.2. The molecular weight excluding hydrogens is 285 g/mol. The molecule has 0 radical (unpaired) electrons. The van der Waals surface area contributed by atoms with Crippen molar-refractivity contribution in [2.75, 3.05) is 19.7 Å². The van der Waals surface area contributed by atoms with E-state index in [4.69, 9.17) is 4.74 Å². The summed E-state index contributed by atoms with van der Waals surface area (Å²) in [5.41, 5.74) is -0.290. The molecule has 1 amide bonds. The number of nitrogens with zero attached hydrogens (tertiary/aromatic N) is 1. The van der Waals surface area contributed by atoms with Crippen LogP contribution in [0.15, 0.2) is 36.9 Å². The molecule has 1 aliphatic rings. The average molecular weight is 305 g/mol. The van der Waals surface area contributed by atoms with E-state index in [1.807, 2.05) is 6.92 Å². The van der Waals surface area contributed by atoms with Crippen molar-refractivity contribution in [3.05, 3.63) is 48.3 Å². The van der Waals surface area contributed by atoms with Gasteiger partial charge in [0.2, 0.25) is 0 Å². The molecule has 0 saturated carbocycles. The van der Waals surface area contributed by atoms with Gasteiger partial charge in [0.1, 0.15) is 12.4 Å². The molecule has 5 heteroatoms. The number of amides is 1. The molecule has 0 aromatic heterocycles. The van der Waals surface area contributed by atoms with Gasteiger partial charge in [-0.1, -0.05) is 12.7 Å². The van der Waals surface area contributed by atoms with Gasteiger partial charge in [0.05, 0.1) is 5.41 Å². The zero-order valence-corrected chi connectivity index (χ0v) is 12.7. The first-order chi connectivity index (χ1) is 10.5. The van der Waals surface area contributed by atoms with Gasteiger partial charge in [0.15, 0.2) is 0 Å². The Morgan fingerprint density at radius 1 is 1.41 bits per heavy atom. The Labute approximate surface area is 129 Å². The Morgan fingerprint density at radius 3 is 2.73 bits per heavy atom. The summed E-state index contributed by atoms with van der Waals surface area (Å²) in [7, 11) is 0. The topological polar surface area (TPSA) is 46.6 Å². The lowest BCUT2D eigenvalue weighted by Crippen LogP contribution is -2.49. The normalized spacial score (nSPS) is 21.3. The monoisotopic (exact) mass is 305 g/mol. The van der Waals surface area contributed by atoms with E-state index in [2.05, 4.69) is 6.58 Å². The Hall–Kier alpha value is -2.17. The largest absolute Gasteiger partial charge is 0.461 e. The molecule has 1 aromatic rings. The number of ether oxygens (including phenoxy) is 1. The minimum atomic E-state index is -0.711. The van der Waals surface area contributed by atoms with Crippen molar-refractivity contribution in [3.63, 3.8) is 0 Å². The predicted molar refractivity (Wildman–Crippen MR) is 80.8 cm³/mol. The molecule has 118 valence electrons. The second kappa shape index (κ2) is 6.73. The predicted octanol–water partition coefficient (Wildman–Crippen LogP) is 2.80. The maximum atomic E-state index is 12.9. The Kier molecular flexibility index (Phi) is 4.96. The van der Waals surface area contributed by atoms with E-state index >= 15 is 0 Å². The highest BCUT2D eigenvalue weighted by Crippen LogP contribution is 2.31. The fraction of sp³-hybridized carbons (Fsp3) is 0.412. The first-order valence-corrected chi connectivity index (χ1v) is 7.29. The summed E-state index contributed by atoms with van der Waals surface area (Å²) >= 11 is 0. The average Bonchev–Trinajstić information content (AvgIpc) is 2.52. The van der Waals surface area contributed by atoms with Crippen molar-refractivity contribution >= 4 is 11.9 Å². The van der Waals surface area contributed by atoms with Crippen LogP contribution in [0.4, 0.5) is 4.39 Å². The van der Waals surface area contributed by atoms with Gasteiger partial charge in [-0.3, -0.25) is 9.59 Å². The maximum Gasteiger partial charge on any atom is 0.313 e. The van der Waals surface area contributed by atoms with Crippen LogP contribution in [0.25, 0.3) is 0 Å². The Bertz CT molecular complexity index is 570. The minimum Gasteiger partial charge on any atom is -0.461 e. The van der Waals surface area contributed by atoms with Crippen LogP contribution >= 0.6 is 0 Å². The van der Waals surface area contributed by atoms with E-state index in [-0.39, 0.29) is 24.3 Å². The first kappa shape index (κ1) is 16.2. The van der Waals surface area contributed by atoms with Crippen LogP contribution in [0.5, 0.6) is 0 Å². The SMILES string of the molecule is C=CCOC(=O)C1(C)CCCN(C(=O)c2ccc(F)cc2)C1. The van der Waals surface area contributed by atoms with Crippen molar-refractivity contribution in [1.29, 1.82) is 0 Å². The standard InChI is InChI=1S/C17H20FNO3/c1-3-11-22-16(21)17(2)9-4-10-19(12-17)15(20)13-5-7-14(18)8-6-13/h3,5-8H,1,4,9-12H2,2H3. The summed E-state index contributed by atoms with van der Waals surface area (Å²) in [6, 6.07) is 5.43. The van der Waals surface area contributed by atoms with E-state index in [1.54, 1.807) is 4.90 Å². The number of hydrogen-bond donors (Lipinski definition) is 0. The maximum absolute atomic E-state index is 12.9. The van der Waals surface area contributed by atoms with Crippen LogP contribution in [0.2, 0.25) is 0 Å². The number of benzene rings is 1. The fourth-order valence-corrected chi connectivity index (χ4v) is 2.66. The summed E-state index contributed by atoms with van der Waals surface area (Å²) < 4.78 is 18.1. The fourth-order valence-electron chi connectivity index (χ4n) is 2.66. The van der Waals surface area contributed by atoms with Gasteiger partial charge < -0.3 is 9.64 Å². The van der Waals surface area contributed by atoms with E-state index in [0.29, 0.717) is 25.1 Å². The van der Waals surface area contributed by atoms with E-state index in [1.165, 1.54) is 30.3 Å². The number of carbonyl (C=O) groups excluding carboxylic acids is 2. The van der Waals surface area contributed by atoms with Crippen LogP contribution in [0.3, 0.4) is 0 Å². The minimum absolute atomic E-state index is 0.167. The zero-order valence-electron chi connectivity index (χ0n) is 12.7. The quantitative estimate of drug-likeness (QED) is 0.635. The first-order valence-electron chi connectivity index (χ1n) is 7.29. The highest BCUT2D eigenvalue weighted by molar-refractivity contribution is 5.94. The van der Waals surface area contributed by atoms with Gasteiger partial charge in [-0.15, -0.1) is 0 Å². The molecular formula is C17H20FNO3. The van der Waals surface area contributed by atoms with Crippen LogP contribution < -0.4 is 0 Å². The second-order valence-electron chi connectivity index (χ2n) is 5.78. The lowest BCUT2D eigenvalue weighted by atomic mass is 9.81. The molecule has 1 fully saturated rings. The third kappa shape index (κ3) is 3.53. The van der Waals surface area contributed by atoms with Crippen molar-refractivity contribution in [3.8, 4) is 0 Å². The van der Waals surface area contributed by atoms with Crippen molar-refractivity contribution in [1.82, 2.24) is 4.90 Å². The molecule has 2 rings (SSSR count). The third-order valence-electron chi connectivity index (χ3n) is 3.90. The number of hydrogen-bond acceptors (Lipinski definition) is 3. The number of halogens is 1. The molecule has 0 bridgehead atoms. The highest BCUT2D eigenvalue weighted by atomic mass is 19.1. The number of rotatable bonds is 4. The van der Waals surface area contributed by atoms with Gasteiger partial charge in [-0.25, -0.2) is 4.39 Å². The van der Waals surface area contributed by atoms with Crippen LogP contribution in [0, 0.1) is 11.2 Å². The third-order valence-corrected chi connectivity index (χ3v) is 3.90. The summed E-state index contributed by atoms with van der Waals surface area (Å²) in [6.45, 7) is 6.38. The van der Waals surface area contributed by atoms with Crippen LogP contribution in [-0.2, 0) is 9.53 Å². The lowest BCUT2D eigenvalue weighted by molar-refractivity contribution is -0.156. The van der Waals surface area contributed by atoms with Gasteiger partial charge in [-0.05, 0) is 44.0 Å². The van der Waals surface area contributed by atoms with Crippen molar-refractivity contribution in [2.45, 2.75) is 19.8 Å². The lowest BCUT2D eigenvalue weighted by Gasteiger charge is -2.38. The van der Waals surface area contributed by atoms with Gasteiger partial charge in [-0.2, -0.15) is 0 Å². The van der Waals surface area contributed by atoms with E-state index in [9.17, 15) is 14.0 Å². The molecule has 0 spiro atoms. The highest BCUT2D eigenvalue weighted by Gasteiger charge is 2.40. The second-order valence-corrected chi connectivity index (χ2v) is 5.78. The summed E-state index contributed by atoms with van der Waals surface area (Å²) in [5.74, 6) is -0.889.